The summed E-state index contributed by atoms with van der Waals surface area (Å²) in [4.78, 5) is 10.6. The molecule has 0 aliphatic rings. The molecule has 0 spiro atoms. The minimum Gasteiger partial charge on any atom is -0.495 e. The van der Waals surface area contributed by atoms with Crippen LogP contribution in [0, 0.1) is 0 Å². The first-order chi connectivity index (χ1) is 9.22. The Balaban J connectivity index is 3.31. The molecule has 2 N–H and O–H groups in total. The van der Waals surface area contributed by atoms with E-state index in [1.165, 1.54) is 33.3 Å². The lowest BCUT2D eigenvalue weighted by molar-refractivity contribution is -0.138. The van der Waals surface area contributed by atoms with Gasteiger partial charge in [-0.2, -0.15) is 4.72 Å². The van der Waals surface area contributed by atoms with Crippen LogP contribution in [0.1, 0.15) is 6.92 Å². The summed E-state index contributed by atoms with van der Waals surface area (Å²) in [6.45, 7) is 1.23. The molecule has 1 aromatic rings. The maximum absolute atomic E-state index is 12.2. The molecular formula is C11H14BrNO6S. The highest BCUT2D eigenvalue weighted by Crippen LogP contribution is 2.35. The van der Waals surface area contributed by atoms with Gasteiger partial charge in [0, 0.05) is 6.07 Å². The van der Waals surface area contributed by atoms with Crippen molar-refractivity contribution < 1.29 is 27.8 Å². The van der Waals surface area contributed by atoms with E-state index in [1.54, 1.807) is 0 Å². The maximum Gasteiger partial charge on any atom is 0.321 e. The molecule has 0 aliphatic heterocycles. The second kappa shape index (κ2) is 6.42. The van der Waals surface area contributed by atoms with Gasteiger partial charge in [0.1, 0.15) is 22.4 Å². The van der Waals surface area contributed by atoms with Crippen molar-refractivity contribution in [3.8, 4) is 11.5 Å². The lowest BCUT2D eigenvalue weighted by Gasteiger charge is -2.15. The average Bonchev–Trinajstić information content (AvgIpc) is 2.37. The van der Waals surface area contributed by atoms with Crippen LogP contribution in [0.5, 0.6) is 11.5 Å². The summed E-state index contributed by atoms with van der Waals surface area (Å²) < 4.78 is 36.8. The number of carboxylic acids is 1. The Morgan fingerprint density at radius 3 is 2.30 bits per heavy atom. The molecule has 20 heavy (non-hydrogen) atoms. The van der Waals surface area contributed by atoms with Gasteiger partial charge in [0.2, 0.25) is 10.0 Å². The fourth-order valence-electron chi connectivity index (χ4n) is 1.39. The van der Waals surface area contributed by atoms with Crippen LogP contribution in [0.3, 0.4) is 0 Å². The zero-order chi connectivity index (χ0) is 15.5. The van der Waals surface area contributed by atoms with Crippen LogP contribution in [0.15, 0.2) is 21.5 Å². The van der Waals surface area contributed by atoms with Gasteiger partial charge in [0.05, 0.1) is 18.7 Å². The van der Waals surface area contributed by atoms with E-state index >= 15 is 0 Å². The molecule has 0 aromatic heterocycles. The molecule has 1 rings (SSSR count). The topological polar surface area (TPSA) is 102 Å². The zero-order valence-corrected chi connectivity index (χ0v) is 13.4. The molecule has 1 atom stereocenters. The van der Waals surface area contributed by atoms with E-state index in [4.69, 9.17) is 14.6 Å². The molecule has 0 bridgehead atoms. The molecule has 0 radical (unpaired) electrons. The van der Waals surface area contributed by atoms with Crippen LogP contribution in [-0.4, -0.2) is 39.8 Å². The largest absolute Gasteiger partial charge is 0.495 e. The quantitative estimate of drug-likeness (QED) is 0.783. The predicted octanol–water partition coefficient (Wildman–Crippen LogP) is 1.22. The Morgan fingerprint density at radius 2 is 1.85 bits per heavy atom. The van der Waals surface area contributed by atoms with Gasteiger partial charge in [-0.15, -0.1) is 0 Å². The Kier molecular flexibility index (Phi) is 5.37. The van der Waals surface area contributed by atoms with Crippen molar-refractivity contribution in [1.82, 2.24) is 4.72 Å². The van der Waals surface area contributed by atoms with Crippen molar-refractivity contribution in [2.24, 2.45) is 0 Å². The molecule has 0 saturated heterocycles. The van der Waals surface area contributed by atoms with Gasteiger partial charge in [0.15, 0.2) is 0 Å². The van der Waals surface area contributed by atoms with Gasteiger partial charge in [-0.25, -0.2) is 8.42 Å². The highest BCUT2D eigenvalue weighted by atomic mass is 79.9. The molecule has 0 saturated carbocycles. The molecule has 9 heteroatoms. The third-order valence-electron chi connectivity index (χ3n) is 2.43. The number of benzene rings is 1. The zero-order valence-electron chi connectivity index (χ0n) is 11.0. The summed E-state index contributed by atoms with van der Waals surface area (Å²) in [5.74, 6) is -0.831. The predicted molar refractivity (Wildman–Crippen MR) is 74.7 cm³/mol. The number of aliphatic carboxylic acids is 1. The van der Waals surface area contributed by atoms with Crippen LogP contribution in [0.4, 0.5) is 0 Å². The molecule has 0 fully saturated rings. The molecule has 7 nitrogen and oxygen atoms in total. The van der Waals surface area contributed by atoms with Crippen molar-refractivity contribution >= 4 is 31.9 Å². The summed E-state index contributed by atoms with van der Waals surface area (Å²) in [6.07, 6.45) is 0. The number of nitrogens with one attached hydrogen (secondary N) is 1. The van der Waals surface area contributed by atoms with E-state index in [0.29, 0.717) is 10.2 Å². The summed E-state index contributed by atoms with van der Waals surface area (Å²) >= 11 is 3.17. The van der Waals surface area contributed by atoms with Crippen LogP contribution >= 0.6 is 15.9 Å². The molecule has 0 amide bonds. The van der Waals surface area contributed by atoms with Crippen molar-refractivity contribution in [2.75, 3.05) is 14.2 Å². The Morgan fingerprint density at radius 1 is 1.30 bits per heavy atom. The second-order valence-electron chi connectivity index (χ2n) is 3.82. The Bertz CT molecular complexity index is 616. The first kappa shape index (κ1) is 16.7. The lowest BCUT2D eigenvalue weighted by Crippen LogP contribution is -2.38. The van der Waals surface area contributed by atoms with E-state index in [-0.39, 0.29) is 10.6 Å². The van der Waals surface area contributed by atoms with Crippen LogP contribution < -0.4 is 14.2 Å². The van der Waals surface area contributed by atoms with Gasteiger partial charge in [0.25, 0.3) is 0 Å². The minimum absolute atomic E-state index is 0.0511. The SMILES string of the molecule is COc1cc(OC)c(S(=O)(=O)N[C@H](C)C(=O)O)cc1Br. The number of carbonyl (C=O) groups is 1. The summed E-state index contributed by atoms with van der Waals surface area (Å²) in [5, 5.41) is 8.77. The van der Waals surface area contributed by atoms with Crippen LogP contribution in [0.2, 0.25) is 0 Å². The van der Waals surface area contributed by atoms with E-state index in [1.807, 2.05) is 4.72 Å². The normalized spacial score (nSPS) is 12.8. The molecule has 0 unspecified atom stereocenters. The highest BCUT2D eigenvalue weighted by molar-refractivity contribution is 9.10. The monoisotopic (exact) mass is 367 g/mol. The second-order valence-corrected chi connectivity index (χ2v) is 6.36. The van der Waals surface area contributed by atoms with Gasteiger partial charge < -0.3 is 14.6 Å². The molecule has 112 valence electrons. The number of halogens is 1. The first-order valence-electron chi connectivity index (χ1n) is 5.39. The molecular weight excluding hydrogens is 354 g/mol. The molecule has 0 heterocycles. The minimum atomic E-state index is -4.04. The smallest absolute Gasteiger partial charge is 0.321 e. The number of sulfonamides is 1. The Hall–Kier alpha value is -1.32. The average molecular weight is 368 g/mol. The fourth-order valence-corrected chi connectivity index (χ4v) is 3.42. The van der Waals surface area contributed by atoms with E-state index in [9.17, 15) is 13.2 Å². The Labute approximate surface area is 125 Å². The van der Waals surface area contributed by atoms with Gasteiger partial charge >= 0.3 is 5.97 Å². The maximum atomic E-state index is 12.2. The highest BCUT2D eigenvalue weighted by Gasteiger charge is 2.26. The molecule has 1 aromatic carbocycles. The molecule has 0 aliphatic carbocycles. The first-order valence-corrected chi connectivity index (χ1v) is 7.67. The van der Waals surface area contributed by atoms with Crippen LogP contribution in [0.25, 0.3) is 0 Å². The van der Waals surface area contributed by atoms with E-state index in [2.05, 4.69) is 15.9 Å². The van der Waals surface area contributed by atoms with Gasteiger partial charge in [-0.3, -0.25) is 4.79 Å². The van der Waals surface area contributed by atoms with Crippen molar-refractivity contribution in [3.05, 3.63) is 16.6 Å². The number of carboxylic acid groups (broad SMARTS) is 1. The lowest BCUT2D eigenvalue weighted by atomic mass is 10.3. The van der Waals surface area contributed by atoms with Crippen LogP contribution in [-0.2, 0) is 14.8 Å². The standard InChI is InChI=1S/C11H14BrNO6S/c1-6(11(14)15)13-20(16,17)10-4-7(12)8(18-2)5-9(10)19-3/h4-6,13H,1-3H3,(H,14,15)/t6-/m1/s1. The fraction of sp³-hybridized carbons (Fsp3) is 0.364. The van der Waals surface area contributed by atoms with E-state index < -0.39 is 22.0 Å². The summed E-state index contributed by atoms with van der Waals surface area (Å²) in [5.41, 5.74) is 0. The summed E-state index contributed by atoms with van der Waals surface area (Å²) in [6, 6.07) is 1.42. The van der Waals surface area contributed by atoms with Gasteiger partial charge in [-0.05, 0) is 28.9 Å². The number of ether oxygens (including phenoxy) is 2. The number of rotatable bonds is 6. The number of hydrogen-bond donors (Lipinski definition) is 2. The van der Waals surface area contributed by atoms with Gasteiger partial charge in [-0.1, -0.05) is 0 Å². The van der Waals surface area contributed by atoms with Crippen molar-refractivity contribution in [1.29, 1.82) is 0 Å². The number of methoxy groups -OCH3 is 2. The summed E-state index contributed by atoms with van der Waals surface area (Å²) in [7, 11) is -1.30. The third-order valence-corrected chi connectivity index (χ3v) is 4.61. The van der Waals surface area contributed by atoms with Crippen molar-refractivity contribution in [2.45, 2.75) is 17.9 Å². The third kappa shape index (κ3) is 3.62. The van der Waals surface area contributed by atoms with E-state index in [0.717, 1.165) is 0 Å². The van der Waals surface area contributed by atoms with Crippen molar-refractivity contribution in [3.63, 3.8) is 0 Å². The number of hydrogen-bond acceptors (Lipinski definition) is 5.